The van der Waals surface area contributed by atoms with Crippen molar-refractivity contribution in [2.24, 2.45) is 0 Å². The molecule has 0 spiro atoms. The second-order valence-electron chi connectivity index (χ2n) is 3.57. The molecule has 2 nitrogen and oxygen atoms in total. The lowest BCUT2D eigenvalue weighted by Crippen LogP contribution is -1.92. The Balaban J connectivity index is 0.000000365. The fraction of sp³-hybridized carbons (Fsp3) is 0.462. The minimum Gasteiger partial charge on any atom is -0.466 e. The van der Waals surface area contributed by atoms with Crippen molar-refractivity contribution in [2.45, 2.75) is 32.6 Å². The first-order valence-electron chi connectivity index (χ1n) is 5.61. The van der Waals surface area contributed by atoms with Crippen LogP contribution in [-0.2, 0) is 16.0 Å². The minimum atomic E-state index is -0.313. The van der Waals surface area contributed by atoms with E-state index in [0.717, 1.165) is 11.3 Å². The van der Waals surface area contributed by atoms with Crippen LogP contribution in [0.1, 0.15) is 35.9 Å². The van der Waals surface area contributed by atoms with Gasteiger partial charge < -0.3 is 4.74 Å². The van der Waals surface area contributed by atoms with Crippen molar-refractivity contribution in [3.05, 3.63) is 28.0 Å². The van der Waals surface area contributed by atoms with E-state index in [1.54, 1.807) is 17.4 Å². The highest BCUT2D eigenvalue weighted by Crippen LogP contribution is 2.18. The summed E-state index contributed by atoms with van der Waals surface area (Å²) in [6.45, 7) is 2.11. The molecule has 1 saturated carbocycles. The molecule has 1 fully saturated rings. The van der Waals surface area contributed by atoms with Gasteiger partial charge in [0.15, 0.2) is 0 Å². The Morgan fingerprint density at radius 3 is 2.56 bits per heavy atom. The van der Waals surface area contributed by atoms with Crippen molar-refractivity contribution in [1.29, 1.82) is 0 Å². The largest absolute Gasteiger partial charge is 0.466 e. The Morgan fingerprint density at radius 1 is 1.44 bits per heavy atom. The van der Waals surface area contributed by atoms with E-state index in [9.17, 15) is 4.79 Å². The summed E-state index contributed by atoms with van der Waals surface area (Å²) in [6, 6.07) is 4.07. The highest BCUT2D eigenvalue weighted by atomic mass is 32.1. The van der Waals surface area contributed by atoms with Gasteiger partial charge >= 0.3 is 5.97 Å². The molecule has 3 heteroatoms. The maximum Gasteiger partial charge on any atom is 0.330 e. The van der Waals surface area contributed by atoms with Gasteiger partial charge in [-0.15, -0.1) is 11.3 Å². The summed E-state index contributed by atoms with van der Waals surface area (Å²) in [5.41, 5.74) is 0. The summed E-state index contributed by atoms with van der Waals surface area (Å²) in [5, 5.41) is 0. The van der Waals surface area contributed by atoms with E-state index in [1.165, 1.54) is 37.3 Å². The van der Waals surface area contributed by atoms with Crippen LogP contribution >= 0.6 is 11.3 Å². The predicted octanol–water partition coefficient (Wildman–Crippen LogP) is 3.67. The molecule has 88 valence electrons. The van der Waals surface area contributed by atoms with Crippen LogP contribution in [-0.4, -0.2) is 13.1 Å². The van der Waals surface area contributed by atoms with Gasteiger partial charge in [0.25, 0.3) is 0 Å². The maximum atomic E-state index is 10.8. The fourth-order valence-corrected chi connectivity index (χ4v) is 1.75. The van der Waals surface area contributed by atoms with Crippen LogP contribution < -0.4 is 0 Å². The van der Waals surface area contributed by atoms with Gasteiger partial charge in [-0.3, -0.25) is 0 Å². The van der Waals surface area contributed by atoms with Crippen molar-refractivity contribution in [2.75, 3.05) is 7.11 Å². The monoisotopic (exact) mass is 238 g/mol. The smallest absolute Gasteiger partial charge is 0.330 e. The molecule has 0 atom stereocenters. The van der Waals surface area contributed by atoms with Gasteiger partial charge in [0.05, 0.1) is 7.11 Å². The summed E-state index contributed by atoms with van der Waals surface area (Å²) in [4.78, 5) is 13.2. The van der Waals surface area contributed by atoms with Crippen LogP contribution in [0.5, 0.6) is 0 Å². The maximum absolute atomic E-state index is 10.8. The third-order valence-electron chi connectivity index (χ3n) is 1.97. The zero-order valence-corrected chi connectivity index (χ0v) is 10.7. The number of esters is 1. The predicted molar refractivity (Wildman–Crippen MR) is 68.6 cm³/mol. The lowest BCUT2D eigenvalue weighted by atomic mass is 10.3. The second kappa shape index (κ2) is 7.23. The van der Waals surface area contributed by atoms with Crippen LogP contribution in [0.15, 0.2) is 18.2 Å². The Hall–Kier alpha value is -1.09. The van der Waals surface area contributed by atoms with Crippen LogP contribution in [0.25, 0.3) is 6.08 Å². The Morgan fingerprint density at radius 2 is 2.12 bits per heavy atom. The van der Waals surface area contributed by atoms with Crippen molar-refractivity contribution < 1.29 is 9.53 Å². The van der Waals surface area contributed by atoms with Crippen molar-refractivity contribution in [3.8, 4) is 0 Å². The van der Waals surface area contributed by atoms with Gasteiger partial charge in [-0.25, -0.2) is 4.79 Å². The van der Waals surface area contributed by atoms with Crippen molar-refractivity contribution in [1.82, 2.24) is 0 Å². The van der Waals surface area contributed by atoms with Gasteiger partial charge in [-0.2, -0.15) is 0 Å². The standard InChI is InChI=1S/C10H12O2S.C3H6/c1-3-8-4-5-9(13-8)6-7-10(11)12-2;1-2-3-1/h4-7H,3H2,1-2H3;1-3H2. The summed E-state index contributed by atoms with van der Waals surface area (Å²) in [5.74, 6) is -0.313. The van der Waals surface area contributed by atoms with E-state index in [2.05, 4.69) is 17.7 Å². The SMILES string of the molecule is C1CC1.CCc1ccc(C=CC(=O)OC)s1. The first-order chi connectivity index (χ1) is 7.76. The zero-order chi connectivity index (χ0) is 11.8. The molecule has 16 heavy (non-hydrogen) atoms. The number of ether oxygens (including phenoxy) is 1. The third kappa shape index (κ3) is 5.71. The normalized spacial score (nSPS) is 13.1. The zero-order valence-electron chi connectivity index (χ0n) is 9.86. The quantitative estimate of drug-likeness (QED) is 0.593. The summed E-state index contributed by atoms with van der Waals surface area (Å²) >= 11 is 1.69. The van der Waals surface area contributed by atoms with Gasteiger partial charge in [-0.1, -0.05) is 26.2 Å². The van der Waals surface area contributed by atoms with Crippen LogP contribution in [0.4, 0.5) is 0 Å². The number of carbonyl (C=O) groups is 1. The first-order valence-corrected chi connectivity index (χ1v) is 6.42. The molecule has 1 aliphatic rings. The van der Waals surface area contributed by atoms with Gasteiger partial charge in [-0.05, 0) is 24.6 Å². The van der Waals surface area contributed by atoms with E-state index in [-0.39, 0.29) is 5.97 Å². The molecule has 0 aromatic carbocycles. The molecule has 1 aromatic rings. The van der Waals surface area contributed by atoms with Gasteiger partial charge in [0.1, 0.15) is 0 Å². The molecule has 1 aromatic heterocycles. The molecule has 0 saturated heterocycles. The highest BCUT2D eigenvalue weighted by Gasteiger charge is 1.96. The first kappa shape index (κ1) is 13.0. The molecule has 0 amide bonds. The number of hydrogen-bond acceptors (Lipinski definition) is 3. The van der Waals surface area contributed by atoms with Crippen molar-refractivity contribution >= 4 is 23.4 Å². The molecule has 1 heterocycles. The lowest BCUT2D eigenvalue weighted by Gasteiger charge is -1.88. The van der Waals surface area contributed by atoms with Gasteiger partial charge in [0, 0.05) is 15.8 Å². The molecule has 0 unspecified atom stereocenters. The summed E-state index contributed by atoms with van der Waals surface area (Å²) < 4.78 is 4.48. The van der Waals surface area contributed by atoms with E-state index in [0.29, 0.717) is 0 Å². The minimum absolute atomic E-state index is 0.313. The number of methoxy groups -OCH3 is 1. The van der Waals surface area contributed by atoms with Gasteiger partial charge in [0.2, 0.25) is 0 Å². The van der Waals surface area contributed by atoms with Crippen LogP contribution in [0.3, 0.4) is 0 Å². The van der Waals surface area contributed by atoms with E-state index in [4.69, 9.17) is 0 Å². The summed E-state index contributed by atoms with van der Waals surface area (Å²) in [7, 11) is 1.37. The Kier molecular flexibility index (Phi) is 5.86. The number of hydrogen-bond donors (Lipinski definition) is 0. The number of carbonyl (C=O) groups excluding carboxylic acids is 1. The summed E-state index contributed by atoms with van der Waals surface area (Å²) in [6.07, 6.45) is 8.75. The molecule has 1 aliphatic carbocycles. The third-order valence-corrected chi connectivity index (χ3v) is 3.16. The van der Waals surface area contributed by atoms with E-state index in [1.807, 2.05) is 6.07 Å². The van der Waals surface area contributed by atoms with E-state index < -0.39 is 0 Å². The average molecular weight is 238 g/mol. The molecular formula is C13H18O2S. The van der Waals surface area contributed by atoms with Crippen LogP contribution in [0.2, 0.25) is 0 Å². The molecular weight excluding hydrogens is 220 g/mol. The highest BCUT2D eigenvalue weighted by molar-refractivity contribution is 7.12. The van der Waals surface area contributed by atoms with Crippen LogP contribution in [0, 0.1) is 0 Å². The average Bonchev–Trinajstić information content (AvgIpc) is 3.13. The number of rotatable bonds is 3. The lowest BCUT2D eigenvalue weighted by molar-refractivity contribution is -0.134. The molecule has 0 bridgehead atoms. The Bertz CT molecular complexity index is 348. The fourth-order valence-electron chi connectivity index (χ4n) is 0.892. The second-order valence-corrected chi connectivity index (χ2v) is 4.77. The topological polar surface area (TPSA) is 26.3 Å². The number of aryl methyl sites for hydroxylation is 1. The Labute approximate surface area is 101 Å². The molecule has 2 rings (SSSR count). The molecule has 0 aliphatic heterocycles. The van der Waals surface area contributed by atoms with E-state index >= 15 is 0 Å². The molecule has 0 radical (unpaired) electrons. The number of thiophene rings is 1. The van der Waals surface area contributed by atoms with Crippen molar-refractivity contribution in [3.63, 3.8) is 0 Å². The molecule has 0 N–H and O–H groups in total.